The summed E-state index contributed by atoms with van der Waals surface area (Å²) in [7, 11) is 0. The van der Waals surface area contributed by atoms with Crippen LogP contribution >= 0.6 is 0 Å². The first-order chi connectivity index (χ1) is 13.5. The molecule has 2 aromatic carbocycles. The summed E-state index contributed by atoms with van der Waals surface area (Å²) in [6.45, 7) is 1.23. The number of anilines is 1. The van der Waals surface area contributed by atoms with Crippen LogP contribution in [0.15, 0.2) is 48.5 Å². The number of amides is 1. The highest BCUT2D eigenvalue weighted by Crippen LogP contribution is 2.24. The summed E-state index contributed by atoms with van der Waals surface area (Å²) in [6, 6.07) is 14.1. The van der Waals surface area contributed by atoms with Crippen molar-refractivity contribution in [3.05, 3.63) is 71.0 Å². The van der Waals surface area contributed by atoms with E-state index in [2.05, 4.69) is 15.5 Å². The average Bonchev–Trinajstić information content (AvgIpc) is 3.27. The van der Waals surface area contributed by atoms with E-state index in [4.69, 9.17) is 4.74 Å². The number of nitrogens with zero attached hydrogens (tertiary/aromatic N) is 3. The Balaban J connectivity index is 1.44. The summed E-state index contributed by atoms with van der Waals surface area (Å²) < 4.78 is 5.13. The number of ketones is 1. The monoisotopic (exact) mass is 376 g/mol. The lowest BCUT2D eigenvalue weighted by Gasteiger charge is -2.05. The largest absolute Gasteiger partial charge is 0.452 e. The lowest BCUT2D eigenvalue weighted by Crippen LogP contribution is -2.15. The number of esters is 1. The standard InChI is InChI=1S/C20H16N4O4/c1-12-19(23-24(22-12)15-5-3-2-4-6-15)20(27)28-11-17(25)13-7-8-16-14(9-13)10-18(26)21-16/h2-9H,10-11H2,1H3,(H,21,26). The van der Waals surface area contributed by atoms with Crippen molar-refractivity contribution in [3.63, 3.8) is 0 Å². The number of rotatable bonds is 5. The molecule has 8 nitrogen and oxygen atoms in total. The molecule has 0 atom stereocenters. The maximum atomic E-state index is 12.3. The van der Waals surface area contributed by atoms with Gasteiger partial charge in [-0.3, -0.25) is 9.59 Å². The van der Waals surface area contributed by atoms with Crippen LogP contribution in [0.3, 0.4) is 0 Å². The summed E-state index contributed by atoms with van der Waals surface area (Å²) in [6.07, 6.45) is 0.234. The molecular formula is C20H16N4O4. The van der Waals surface area contributed by atoms with E-state index < -0.39 is 12.6 Å². The molecule has 4 rings (SSSR count). The molecule has 3 aromatic rings. The molecule has 8 heteroatoms. The van der Waals surface area contributed by atoms with E-state index in [0.29, 0.717) is 22.6 Å². The van der Waals surface area contributed by atoms with E-state index >= 15 is 0 Å². The minimum atomic E-state index is -0.717. The predicted octanol–water partition coefficient (Wildman–Crippen LogP) is 2.11. The summed E-state index contributed by atoms with van der Waals surface area (Å²) in [5.74, 6) is -1.18. The zero-order valence-electron chi connectivity index (χ0n) is 15.0. The van der Waals surface area contributed by atoms with E-state index in [-0.39, 0.29) is 23.8 Å². The maximum absolute atomic E-state index is 12.3. The number of Topliss-reactive ketones (excluding diaryl/α,β-unsaturated/α-hetero) is 1. The molecule has 0 aliphatic carbocycles. The van der Waals surface area contributed by atoms with Crippen LogP contribution in [0.25, 0.3) is 5.69 Å². The van der Waals surface area contributed by atoms with E-state index in [1.807, 2.05) is 30.3 Å². The van der Waals surface area contributed by atoms with Gasteiger partial charge in [-0.15, -0.1) is 5.10 Å². The highest BCUT2D eigenvalue weighted by Gasteiger charge is 2.21. The quantitative estimate of drug-likeness (QED) is 0.540. The van der Waals surface area contributed by atoms with Gasteiger partial charge in [0.2, 0.25) is 5.91 Å². The smallest absolute Gasteiger partial charge is 0.361 e. The lowest BCUT2D eigenvalue weighted by molar-refractivity contribution is -0.115. The number of carbonyl (C=O) groups is 3. The predicted molar refractivity (Wildman–Crippen MR) is 99.5 cm³/mol. The van der Waals surface area contributed by atoms with Gasteiger partial charge in [0.05, 0.1) is 17.8 Å². The molecule has 0 saturated carbocycles. The first-order valence-corrected chi connectivity index (χ1v) is 8.64. The number of ether oxygens (including phenoxy) is 1. The molecule has 28 heavy (non-hydrogen) atoms. The topological polar surface area (TPSA) is 103 Å². The molecular weight excluding hydrogens is 360 g/mol. The highest BCUT2D eigenvalue weighted by molar-refractivity contribution is 6.03. The van der Waals surface area contributed by atoms with Crippen molar-refractivity contribution in [1.29, 1.82) is 0 Å². The third-order valence-corrected chi connectivity index (χ3v) is 4.35. The number of benzene rings is 2. The minimum Gasteiger partial charge on any atom is -0.452 e. The van der Waals surface area contributed by atoms with Gasteiger partial charge >= 0.3 is 5.97 Å². The van der Waals surface area contributed by atoms with Gasteiger partial charge in [0, 0.05) is 11.3 Å². The second-order valence-corrected chi connectivity index (χ2v) is 6.36. The van der Waals surface area contributed by atoms with Crippen molar-refractivity contribution in [2.45, 2.75) is 13.3 Å². The Morgan fingerprint density at radius 1 is 1.14 bits per heavy atom. The van der Waals surface area contributed by atoms with Crippen LogP contribution in [0, 0.1) is 6.92 Å². The van der Waals surface area contributed by atoms with E-state index in [0.717, 1.165) is 5.56 Å². The van der Waals surface area contributed by atoms with E-state index in [1.165, 1.54) is 4.80 Å². The number of fused-ring (bicyclic) bond motifs is 1. The molecule has 1 aliphatic rings. The molecule has 1 aromatic heterocycles. The fourth-order valence-electron chi connectivity index (χ4n) is 2.93. The van der Waals surface area contributed by atoms with Crippen molar-refractivity contribution in [2.75, 3.05) is 11.9 Å². The molecule has 2 heterocycles. The van der Waals surface area contributed by atoms with Gasteiger partial charge in [-0.2, -0.15) is 9.90 Å². The molecule has 0 saturated heterocycles. The molecule has 140 valence electrons. The van der Waals surface area contributed by atoms with Gasteiger partial charge < -0.3 is 10.1 Å². The summed E-state index contributed by atoms with van der Waals surface area (Å²) in [5, 5.41) is 11.1. The summed E-state index contributed by atoms with van der Waals surface area (Å²) in [5.41, 5.74) is 3.01. The zero-order chi connectivity index (χ0) is 19.7. The Morgan fingerprint density at radius 2 is 1.93 bits per heavy atom. The molecule has 0 spiro atoms. The van der Waals surface area contributed by atoms with Crippen molar-refractivity contribution >= 4 is 23.3 Å². The molecule has 0 unspecified atom stereocenters. The summed E-state index contributed by atoms with van der Waals surface area (Å²) >= 11 is 0. The number of aromatic nitrogens is 3. The van der Waals surface area contributed by atoms with Gasteiger partial charge in [-0.05, 0) is 42.8 Å². The Kier molecular flexibility index (Phi) is 4.44. The fourth-order valence-corrected chi connectivity index (χ4v) is 2.93. The number of carbonyl (C=O) groups excluding carboxylic acids is 3. The fraction of sp³-hybridized carbons (Fsp3) is 0.150. The third-order valence-electron chi connectivity index (χ3n) is 4.35. The highest BCUT2D eigenvalue weighted by atomic mass is 16.5. The molecule has 0 bridgehead atoms. The second-order valence-electron chi connectivity index (χ2n) is 6.36. The molecule has 1 amide bonds. The Morgan fingerprint density at radius 3 is 2.71 bits per heavy atom. The van der Waals surface area contributed by atoms with Crippen LogP contribution in [-0.2, 0) is 16.0 Å². The van der Waals surface area contributed by atoms with Crippen LogP contribution in [0.1, 0.15) is 32.1 Å². The molecule has 1 N–H and O–H groups in total. The van der Waals surface area contributed by atoms with E-state index in [9.17, 15) is 14.4 Å². The first-order valence-electron chi connectivity index (χ1n) is 8.64. The van der Waals surface area contributed by atoms with Crippen LogP contribution < -0.4 is 5.32 Å². The Hall–Kier alpha value is -3.81. The van der Waals surface area contributed by atoms with Gasteiger partial charge in [0.1, 0.15) is 0 Å². The second kappa shape index (κ2) is 7.07. The van der Waals surface area contributed by atoms with Crippen LogP contribution in [0.5, 0.6) is 0 Å². The van der Waals surface area contributed by atoms with Crippen molar-refractivity contribution in [1.82, 2.24) is 15.0 Å². The normalized spacial score (nSPS) is 12.4. The van der Waals surface area contributed by atoms with Gasteiger partial charge in [-0.25, -0.2) is 4.79 Å². The SMILES string of the molecule is Cc1nn(-c2ccccc2)nc1C(=O)OCC(=O)c1ccc2c(c1)CC(=O)N2. The first kappa shape index (κ1) is 17.6. The van der Waals surface area contributed by atoms with Gasteiger partial charge in [0.15, 0.2) is 18.1 Å². The number of para-hydroxylation sites is 1. The van der Waals surface area contributed by atoms with Crippen molar-refractivity contribution in [3.8, 4) is 5.69 Å². The van der Waals surface area contributed by atoms with Crippen LogP contribution in [0.4, 0.5) is 5.69 Å². The number of nitrogens with one attached hydrogen (secondary N) is 1. The maximum Gasteiger partial charge on any atom is 0.361 e. The average molecular weight is 376 g/mol. The minimum absolute atomic E-state index is 0.0559. The number of aryl methyl sites for hydroxylation is 1. The van der Waals surface area contributed by atoms with Crippen molar-refractivity contribution in [2.24, 2.45) is 0 Å². The Labute approximate surface area is 160 Å². The molecule has 1 aliphatic heterocycles. The van der Waals surface area contributed by atoms with E-state index in [1.54, 1.807) is 25.1 Å². The van der Waals surface area contributed by atoms with Gasteiger partial charge in [0.25, 0.3) is 0 Å². The third kappa shape index (κ3) is 3.39. The number of hydrogen-bond acceptors (Lipinski definition) is 6. The zero-order valence-corrected chi connectivity index (χ0v) is 15.0. The lowest BCUT2D eigenvalue weighted by atomic mass is 10.1. The van der Waals surface area contributed by atoms with Crippen molar-refractivity contribution < 1.29 is 19.1 Å². The van der Waals surface area contributed by atoms with Crippen LogP contribution in [-0.4, -0.2) is 39.3 Å². The van der Waals surface area contributed by atoms with Crippen LogP contribution in [0.2, 0.25) is 0 Å². The number of hydrogen-bond donors (Lipinski definition) is 1. The molecule has 0 fully saturated rings. The Bertz CT molecular complexity index is 1090. The molecule has 0 radical (unpaired) electrons. The summed E-state index contributed by atoms with van der Waals surface area (Å²) in [4.78, 5) is 37.4. The van der Waals surface area contributed by atoms with Gasteiger partial charge in [-0.1, -0.05) is 18.2 Å².